The van der Waals surface area contributed by atoms with Crippen LogP contribution in [-0.2, 0) is 22.5 Å². The fourth-order valence-corrected chi connectivity index (χ4v) is 6.37. The number of fused-ring (bicyclic) bond motifs is 2. The van der Waals surface area contributed by atoms with Gasteiger partial charge in [-0.2, -0.15) is 0 Å². The summed E-state index contributed by atoms with van der Waals surface area (Å²) in [5.74, 6) is -0.0363. The van der Waals surface area contributed by atoms with Gasteiger partial charge in [0.25, 0.3) is 0 Å². The summed E-state index contributed by atoms with van der Waals surface area (Å²) in [7, 11) is 2.06. The number of allylic oxidation sites excluding steroid dienone is 1. The van der Waals surface area contributed by atoms with E-state index >= 15 is 0 Å². The standard InChI is InChI=1S/C31H42N4O5/c1-3-24-25-19-23(40-31(38)35-16-12-22(13-17-35)34-14-6-4-7-15-34)10-11-27(25)32-30-26(24)20-33(2)28(30)9-5-8-18-39-29(37)21-36/h9-11,19,22,36H,3-8,12-18,20-21H2,1-2H3/b28-9-. The maximum absolute atomic E-state index is 13.0. The second kappa shape index (κ2) is 13.0. The second-order valence-corrected chi connectivity index (χ2v) is 11.1. The highest BCUT2D eigenvalue weighted by molar-refractivity contribution is 5.89. The summed E-state index contributed by atoms with van der Waals surface area (Å²) in [5, 5.41) is 9.81. The first kappa shape index (κ1) is 28.4. The molecule has 1 aromatic heterocycles. The van der Waals surface area contributed by atoms with E-state index in [1.165, 1.54) is 43.5 Å². The van der Waals surface area contributed by atoms with Crippen LogP contribution in [0.3, 0.4) is 0 Å². The molecule has 0 aliphatic carbocycles. The van der Waals surface area contributed by atoms with Crippen LogP contribution in [0.15, 0.2) is 24.3 Å². The van der Waals surface area contributed by atoms with Crippen molar-refractivity contribution in [1.82, 2.24) is 19.7 Å². The molecule has 0 bridgehead atoms. The molecule has 2 saturated heterocycles. The fraction of sp³-hybridized carbons (Fsp3) is 0.581. The number of amides is 1. The topological polar surface area (TPSA) is 95.4 Å². The van der Waals surface area contributed by atoms with E-state index in [0.29, 0.717) is 18.2 Å². The van der Waals surface area contributed by atoms with E-state index in [-0.39, 0.29) is 12.7 Å². The Hall–Kier alpha value is -3.17. The van der Waals surface area contributed by atoms with Crippen molar-refractivity contribution in [2.45, 2.75) is 70.9 Å². The Balaban J connectivity index is 1.26. The normalized spacial score (nSPS) is 19.3. The maximum atomic E-state index is 13.0. The Morgan fingerprint density at radius 1 is 1.12 bits per heavy atom. The average molecular weight is 551 g/mol. The zero-order chi connectivity index (χ0) is 28.1. The van der Waals surface area contributed by atoms with Gasteiger partial charge in [0.15, 0.2) is 0 Å². The smallest absolute Gasteiger partial charge is 0.415 e. The van der Waals surface area contributed by atoms with Gasteiger partial charge in [-0.3, -0.25) is 0 Å². The number of aryl methyl sites for hydroxylation is 1. The predicted octanol–water partition coefficient (Wildman–Crippen LogP) is 4.35. The number of hydrogen-bond donors (Lipinski definition) is 1. The number of benzene rings is 1. The summed E-state index contributed by atoms with van der Waals surface area (Å²) >= 11 is 0. The number of rotatable bonds is 8. The molecule has 0 saturated carbocycles. The van der Waals surface area contributed by atoms with E-state index in [2.05, 4.69) is 29.8 Å². The summed E-state index contributed by atoms with van der Waals surface area (Å²) in [6.07, 6.45) is 10.1. The van der Waals surface area contributed by atoms with Gasteiger partial charge in [0.2, 0.25) is 0 Å². The van der Waals surface area contributed by atoms with Gasteiger partial charge >= 0.3 is 12.1 Å². The van der Waals surface area contributed by atoms with Crippen LogP contribution in [0.4, 0.5) is 4.79 Å². The lowest BCUT2D eigenvalue weighted by molar-refractivity contribution is -0.146. The maximum Gasteiger partial charge on any atom is 0.415 e. The van der Waals surface area contributed by atoms with E-state index < -0.39 is 12.6 Å². The van der Waals surface area contributed by atoms with Gasteiger partial charge in [0.05, 0.1) is 23.5 Å². The number of aliphatic hydroxyl groups excluding tert-OH is 1. The van der Waals surface area contributed by atoms with E-state index in [0.717, 1.165) is 67.6 Å². The summed E-state index contributed by atoms with van der Waals surface area (Å²) in [5.41, 5.74) is 5.38. The molecule has 1 N–H and O–H groups in total. The Kier molecular flexibility index (Phi) is 9.22. The number of unbranched alkanes of at least 4 members (excludes halogenated alkanes) is 1. The molecule has 0 unspecified atom stereocenters. The van der Waals surface area contributed by atoms with Gasteiger partial charge in [-0.05, 0) is 81.8 Å². The SMILES string of the molecule is CCc1c2c(nc3ccc(OC(=O)N4CCC(N5CCCCC5)CC4)cc13)/C(=C/CCCOC(=O)CO)N(C)C2. The number of nitrogens with zero attached hydrogens (tertiary/aromatic N) is 4. The number of pyridine rings is 1. The highest BCUT2D eigenvalue weighted by Crippen LogP contribution is 2.37. The minimum Gasteiger partial charge on any atom is -0.464 e. The lowest BCUT2D eigenvalue weighted by atomic mass is 9.98. The minimum absolute atomic E-state index is 0.266. The molecule has 4 heterocycles. The average Bonchev–Trinajstić information content (AvgIpc) is 3.30. The monoisotopic (exact) mass is 550 g/mol. The number of aromatic nitrogens is 1. The molecule has 3 aliphatic rings. The first-order valence-corrected chi connectivity index (χ1v) is 14.8. The van der Waals surface area contributed by atoms with Crippen LogP contribution < -0.4 is 4.74 Å². The third kappa shape index (κ3) is 6.25. The summed E-state index contributed by atoms with van der Waals surface area (Å²) in [4.78, 5) is 35.8. The third-order valence-corrected chi connectivity index (χ3v) is 8.49. The van der Waals surface area contributed by atoms with Crippen molar-refractivity contribution in [3.05, 3.63) is 41.1 Å². The molecule has 9 heteroatoms. The summed E-state index contributed by atoms with van der Waals surface area (Å²) in [6.45, 7) is 6.48. The van der Waals surface area contributed by atoms with Crippen molar-refractivity contribution in [2.24, 2.45) is 0 Å². The van der Waals surface area contributed by atoms with Crippen molar-refractivity contribution in [1.29, 1.82) is 0 Å². The van der Waals surface area contributed by atoms with Crippen molar-refractivity contribution >= 4 is 28.7 Å². The molecule has 1 aromatic carbocycles. The number of ether oxygens (including phenoxy) is 2. The van der Waals surface area contributed by atoms with Gasteiger partial charge in [-0.1, -0.05) is 19.4 Å². The molecule has 0 spiro atoms. The van der Waals surface area contributed by atoms with Gasteiger partial charge in [-0.15, -0.1) is 0 Å². The number of carbonyl (C=O) groups is 2. The molecular formula is C31H42N4O5. The van der Waals surface area contributed by atoms with Crippen LogP contribution >= 0.6 is 0 Å². The Bertz CT molecular complexity index is 1250. The molecule has 0 atom stereocenters. The highest BCUT2D eigenvalue weighted by atomic mass is 16.6. The fourth-order valence-electron chi connectivity index (χ4n) is 6.37. The van der Waals surface area contributed by atoms with Crippen LogP contribution in [0, 0.1) is 0 Å². The number of likely N-dealkylation sites (tertiary alicyclic amines) is 2. The Labute approximate surface area is 236 Å². The number of aliphatic hydroxyl groups is 1. The Morgan fingerprint density at radius 3 is 2.62 bits per heavy atom. The third-order valence-electron chi connectivity index (χ3n) is 8.49. The number of hydrogen-bond acceptors (Lipinski definition) is 8. The first-order valence-electron chi connectivity index (χ1n) is 14.8. The van der Waals surface area contributed by atoms with Crippen LogP contribution in [0.1, 0.15) is 68.7 Å². The predicted molar refractivity (Wildman–Crippen MR) is 154 cm³/mol. The van der Waals surface area contributed by atoms with Gasteiger partial charge in [0, 0.05) is 43.7 Å². The van der Waals surface area contributed by atoms with Crippen LogP contribution in [-0.4, -0.2) is 89.3 Å². The molecule has 2 aromatic rings. The zero-order valence-electron chi connectivity index (χ0n) is 23.9. The first-order chi connectivity index (χ1) is 19.5. The zero-order valence-corrected chi connectivity index (χ0v) is 23.9. The lowest BCUT2D eigenvalue weighted by Gasteiger charge is -2.39. The molecule has 0 radical (unpaired) electrons. The van der Waals surface area contributed by atoms with Crippen molar-refractivity contribution in [3.8, 4) is 5.75 Å². The number of esters is 1. The number of carbonyl (C=O) groups excluding carboxylic acids is 2. The van der Waals surface area contributed by atoms with Crippen LogP contribution in [0.5, 0.6) is 5.75 Å². The second-order valence-electron chi connectivity index (χ2n) is 11.1. The van der Waals surface area contributed by atoms with E-state index in [1.54, 1.807) is 0 Å². The highest BCUT2D eigenvalue weighted by Gasteiger charge is 2.29. The van der Waals surface area contributed by atoms with E-state index in [9.17, 15) is 9.59 Å². The van der Waals surface area contributed by atoms with E-state index in [4.69, 9.17) is 19.6 Å². The molecular weight excluding hydrogens is 508 g/mol. The molecule has 3 aliphatic heterocycles. The molecule has 9 nitrogen and oxygen atoms in total. The van der Waals surface area contributed by atoms with Gasteiger partial charge < -0.3 is 29.3 Å². The Morgan fingerprint density at radius 2 is 1.90 bits per heavy atom. The summed E-state index contributed by atoms with van der Waals surface area (Å²) in [6, 6.07) is 6.35. The van der Waals surface area contributed by atoms with Crippen molar-refractivity contribution in [3.63, 3.8) is 0 Å². The van der Waals surface area contributed by atoms with Crippen LogP contribution in [0.25, 0.3) is 16.6 Å². The minimum atomic E-state index is -0.598. The van der Waals surface area contributed by atoms with Gasteiger partial charge in [0.1, 0.15) is 12.4 Å². The molecule has 40 heavy (non-hydrogen) atoms. The molecule has 216 valence electrons. The van der Waals surface area contributed by atoms with Gasteiger partial charge in [-0.25, -0.2) is 14.6 Å². The van der Waals surface area contributed by atoms with Crippen LogP contribution in [0.2, 0.25) is 0 Å². The molecule has 1 amide bonds. The molecule has 2 fully saturated rings. The number of piperidine rings is 2. The quantitative estimate of drug-likeness (QED) is 0.383. The van der Waals surface area contributed by atoms with Crippen molar-refractivity contribution in [2.75, 3.05) is 46.4 Å². The molecule has 5 rings (SSSR count). The largest absolute Gasteiger partial charge is 0.464 e. The lowest BCUT2D eigenvalue weighted by Crippen LogP contribution is -2.48. The van der Waals surface area contributed by atoms with Crippen molar-refractivity contribution < 1.29 is 24.2 Å². The summed E-state index contributed by atoms with van der Waals surface area (Å²) < 4.78 is 10.8. The van der Waals surface area contributed by atoms with E-state index in [1.807, 2.05) is 23.1 Å².